The Morgan fingerprint density at radius 2 is 1.21 bits per heavy atom. The van der Waals surface area contributed by atoms with Gasteiger partial charge in [0.15, 0.2) is 28.9 Å². The molecule has 196 valence electrons. The molecule has 0 amide bonds. The number of ether oxygens (including phenoxy) is 8. The highest BCUT2D eigenvalue weighted by Crippen LogP contribution is 2.42. The lowest BCUT2D eigenvalue weighted by atomic mass is 9.85. The highest BCUT2D eigenvalue weighted by atomic mass is 16.8. The van der Waals surface area contributed by atoms with E-state index in [9.17, 15) is 9.90 Å². The number of aliphatic hydroxyl groups is 1. The molecule has 0 spiro atoms. The van der Waals surface area contributed by atoms with Crippen LogP contribution in [-0.4, -0.2) is 89.5 Å². The third kappa shape index (κ3) is 5.50. The largest absolute Gasteiger partial charge is 0.387 e. The van der Waals surface area contributed by atoms with Crippen molar-refractivity contribution in [3.05, 3.63) is 0 Å². The summed E-state index contributed by atoms with van der Waals surface area (Å²) in [7, 11) is 0. The van der Waals surface area contributed by atoms with Gasteiger partial charge in [0.05, 0.1) is 18.8 Å². The minimum atomic E-state index is -1.57. The van der Waals surface area contributed by atoms with Gasteiger partial charge in [-0.2, -0.15) is 0 Å². The maximum atomic E-state index is 13.5. The molecule has 0 aromatic carbocycles. The highest BCUT2D eigenvalue weighted by molar-refractivity contribution is 5.85. The van der Waals surface area contributed by atoms with Crippen molar-refractivity contribution in [1.29, 1.82) is 0 Å². The van der Waals surface area contributed by atoms with Crippen LogP contribution < -0.4 is 0 Å². The maximum absolute atomic E-state index is 13.5. The van der Waals surface area contributed by atoms with Gasteiger partial charge < -0.3 is 43.0 Å². The summed E-state index contributed by atoms with van der Waals surface area (Å²) in [4.78, 5) is 13.5. The number of hydrogen-bond donors (Lipinski definition) is 1. The number of ketones is 1. The van der Waals surface area contributed by atoms with Gasteiger partial charge in [-0.15, -0.1) is 0 Å². The Balaban J connectivity index is 1.50. The minimum absolute atomic E-state index is 0.234. The summed E-state index contributed by atoms with van der Waals surface area (Å²) >= 11 is 0. The SMILES string of the molecule is CC1(C)OC[C@@H]([C@@H]2OC(C)(C)O[C@H]2C(=O)C[C@](C)(O)[C@H]2OC(C)(C)O[C@@H]2[C@H]2COC(C)(C)O2)O1. The van der Waals surface area contributed by atoms with Crippen molar-refractivity contribution < 1.29 is 47.8 Å². The fourth-order valence-corrected chi connectivity index (χ4v) is 5.16. The number of carbonyl (C=O) groups excluding carboxylic acids is 1. The van der Waals surface area contributed by atoms with E-state index in [1.54, 1.807) is 34.6 Å². The first kappa shape index (κ1) is 26.4. The van der Waals surface area contributed by atoms with Gasteiger partial charge in [-0.05, 0) is 62.3 Å². The molecule has 4 rings (SSSR count). The second kappa shape index (κ2) is 8.43. The second-order valence-corrected chi connectivity index (χ2v) is 11.8. The standard InChI is InChI=1S/C24H40O10/c1-20(2)27-11-14(29-20)17-16(31-22(5,6)32-17)13(25)10-24(9,26)19-18(33-23(7,8)34-19)15-12-28-21(3,4)30-15/h14-19,26H,10-12H2,1-9H3/t14-,15+,16-,17-,18+,19-,24-/m0/s1. The topological polar surface area (TPSA) is 111 Å². The fraction of sp³-hybridized carbons (Fsp3) is 0.958. The summed E-state index contributed by atoms with van der Waals surface area (Å²) in [6.45, 7) is 16.4. The van der Waals surface area contributed by atoms with Crippen molar-refractivity contribution in [2.75, 3.05) is 13.2 Å². The van der Waals surface area contributed by atoms with Crippen LogP contribution in [0.15, 0.2) is 0 Å². The van der Waals surface area contributed by atoms with Gasteiger partial charge in [0.2, 0.25) is 0 Å². The minimum Gasteiger partial charge on any atom is -0.387 e. The molecule has 4 fully saturated rings. The van der Waals surface area contributed by atoms with Crippen LogP contribution in [0.3, 0.4) is 0 Å². The van der Waals surface area contributed by atoms with Crippen LogP contribution in [0.5, 0.6) is 0 Å². The molecule has 7 atom stereocenters. The first-order chi connectivity index (χ1) is 15.4. The molecule has 0 bridgehead atoms. The zero-order valence-electron chi connectivity index (χ0n) is 21.7. The number of hydrogen-bond acceptors (Lipinski definition) is 10. The maximum Gasteiger partial charge on any atom is 0.167 e. The monoisotopic (exact) mass is 488 g/mol. The first-order valence-electron chi connectivity index (χ1n) is 12.0. The number of Topliss-reactive ketones (excluding diaryl/α,β-unsaturated/α-hetero) is 1. The van der Waals surface area contributed by atoms with Crippen LogP contribution in [-0.2, 0) is 42.7 Å². The molecular weight excluding hydrogens is 448 g/mol. The summed E-state index contributed by atoms with van der Waals surface area (Å²) in [5.74, 6) is -3.80. The van der Waals surface area contributed by atoms with Crippen molar-refractivity contribution in [3.63, 3.8) is 0 Å². The second-order valence-electron chi connectivity index (χ2n) is 11.8. The van der Waals surface area contributed by atoms with Crippen LogP contribution in [0.1, 0.15) is 68.7 Å². The molecule has 0 aliphatic carbocycles. The molecule has 4 aliphatic rings. The van der Waals surface area contributed by atoms with Crippen LogP contribution in [0.4, 0.5) is 0 Å². The Morgan fingerprint density at radius 1 is 0.735 bits per heavy atom. The van der Waals surface area contributed by atoms with Crippen LogP contribution in [0.25, 0.3) is 0 Å². The first-order valence-corrected chi connectivity index (χ1v) is 12.0. The molecule has 10 heteroatoms. The smallest absolute Gasteiger partial charge is 0.167 e. The van der Waals surface area contributed by atoms with Crippen molar-refractivity contribution in [1.82, 2.24) is 0 Å². The van der Waals surface area contributed by atoms with Crippen LogP contribution >= 0.6 is 0 Å². The van der Waals surface area contributed by atoms with E-state index in [-0.39, 0.29) is 18.8 Å². The predicted molar refractivity (Wildman–Crippen MR) is 118 cm³/mol. The molecule has 0 saturated carbocycles. The van der Waals surface area contributed by atoms with Gasteiger partial charge in [0.25, 0.3) is 0 Å². The lowest BCUT2D eigenvalue weighted by Crippen LogP contribution is -2.53. The van der Waals surface area contributed by atoms with Gasteiger partial charge in [0.1, 0.15) is 36.6 Å². The zero-order valence-corrected chi connectivity index (χ0v) is 21.7. The highest BCUT2D eigenvalue weighted by Gasteiger charge is 2.58. The van der Waals surface area contributed by atoms with Crippen LogP contribution in [0, 0.1) is 0 Å². The van der Waals surface area contributed by atoms with Crippen molar-refractivity contribution in [3.8, 4) is 0 Å². The van der Waals surface area contributed by atoms with Crippen molar-refractivity contribution >= 4 is 5.78 Å². The van der Waals surface area contributed by atoms with E-state index in [2.05, 4.69) is 0 Å². The van der Waals surface area contributed by atoms with Gasteiger partial charge >= 0.3 is 0 Å². The Morgan fingerprint density at radius 3 is 1.71 bits per heavy atom. The molecule has 0 aromatic heterocycles. The van der Waals surface area contributed by atoms with E-state index in [0.29, 0.717) is 6.61 Å². The number of rotatable bonds is 6. The Labute approximate surface area is 201 Å². The Kier molecular flexibility index (Phi) is 6.54. The summed E-state index contributed by atoms with van der Waals surface area (Å²) in [5, 5.41) is 11.5. The van der Waals surface area contributed by atoms with E-state index in [1.165, 1.54) is 0 Å². The van der Waals surface area contributed by atoms with E-state index in [0.717, 1.165) is 0 Å². The van der Waals surface area contributed by atoms with Crippen molar-refractivity contribution in [2.24, 2.45) is 0 Å². The average molecular weight is 489 g/mol. The average Bonchev–Trinajstić information content (AvgIpc) is 3.38. The fourth-order valence-electron chi connectivity index (χ4n) is 5.16. The molecule has 0 unspecified atom stereocenters. The van der Waals surface area contributed by atoms with Crippen molar-refractivity contribution in [2.45, 2.75) is 134 Å². The van der Waals surface area contributed by atoms with Gasteiger partial charge in [-0.3, -0.25) is 4.79 Å². The van der Waals surface area contributed by atoms with Crippen LogP contribution in [0.2, 0.25) is 0 Å². The number of carbonyl (C=O) groups is 1. The summed E-state index contributed by atoms with van der Waals surface area (Å²) in [6.07, 6.45) is -4.20. The molecule has 10 nitrogen and oxygen atoms in total. The summed E-state index contributed by atoms with van der Waals surface area (Å²) in [5.41, 5.74) is -1.57. The third-order valence-electron chi connectivity index (χ3n) is 6.51. The van der Waals surface area contributed by atoms with E-state index < -0.39 is 65.4 Å². The Bertz CT molecular complexity index is 789. The molecule has 1 N–H and O–H groups in total. The quantitative estimate of drug-likeness (QED) is 0.596. The van der Waals surface area contributed by atoms with E-state index >= 15 is 0 Å². The van der Waals surface area contributed by atoms with E-state index in [4.69, 9.17) is 37.9 Å². The lowest BCUT2D eigenvalue weighted by molar-refractivity contribution is -0.178. The van der Waals surface area contributed by atoms with Gasteiger partial charge in [-0.1, -0.05) is 0 Å². The predicted octanol–water partition coefficient (Wildman–Crippen LogP) is 2.04. The van der Waals surface area contributed by atoms with E-state index in [1.807, 2.05) is 27.7 Å². The molecule has 34 heavy (non-hydrogen) atoms. The molecule has 4 aliphatic heterocycles. The normalized spacial score (nSPS) is 42.1. The lowest BCUT2D eigenvalue weighted by Gasteiger charge is -2.34. The summed E-state index contributed by atoms with van der Waals surface area (Å²) in [6, 6.07) is 0. The van der Waals surface area contributed by atoms with Gasteiger partial charge in [0, 0.05) is 6.42 Å². The molecular formula is C24H40O10. The van der Waals surface area contributed by atoms with Gasteiger partial charge in [-0.25, -0.2) is 0 Å². The molecule has 4 saturated heterocycles. The Hall–Kier alpha value is -0.690. The summed E-state index contributed by atoms with van der Waals surface area (Å²) < 4.78 is 47.5. The third-order valence-corrected chi connectivity index (χ3v) is 6.51. The molecule has 4 heterocycles. The zero-order chi connectivity index (χ0) is 25.3. The molecule has 0 radical (unpaired) electrons. The molecule has 0 aromatic rings.